The predicted octanol–water partition coefficient (Wildman–Crippen LogP) is 4.02. The first-order chi connectivity index (χ1) is 7.13. The molecule has 2 nitrogen and oxygen atoms in total. The van der Waals surface area contributed by atoms with E-state index in [-0.39, 0.29) is 5.56 Å². The number of halogens is 1. The molecule has 1 rings (SSSR count). The second-order valence-corrected chi connectivity index (χ2v) is 3.34. The van der Waals surface area contributed by atoms with E-state index >= 15 is 0 Å². The van der Waals surface area contributed by atoms with Crippen LogP contribution in [0.4, 0.5) is 0 Å². The number of aryl methyl sites for hydroxylation is 1. The predicted molar refractivity (Wildman–Crippen MR) is 63.8 cm³/mol. The average molecular weight is 229 g/mol. The maximum absolute atomic E-state index is 10.7. The zero-order valence-electron chi connectivity index (χ0n) is 9.38. The third-order valence-electron chi connectivity index (χ3n) is 1.74. The molecule has 0 spiro atoms. The quantitative estimate of drug-likeness (QED) is 0.849. The van der Waals surface area contributed by atoms with E-state index in [2.05, 4.69) is 0 Å². The van der Waals surface area contributed by atoms with Crippen molar-refractivity contribution >= 4 is 17.6 Å². The highest BCUT2D eigenvalue weighted by Gasteiger charge is 2.05. The third-order valence-corrected chi connectivity index (χ3v) is 1.96. The Kier molecular flexibility index (Phi) is 6.80. The molecule has 0 aliphatic rings. The number of hydrogen-bond donors (Lipinski definition) is 1. The Bertz CT molecular complexity index is 321. The second kappa shape index (κ2) is 7.30. The van der Waals surface area contributed by atoms with Crippen molar-refractivity contribution in [2.24, 2.45) is 0 Å². The molecule has 15 heavy (non-hydrogen) atoms. The molecule has 84 valence electrons. The van der Waals surface area contributed by atoms with Gasteiger partial charge in [0.25, 0.3) is 0 Å². The highest BCUT2D eigenvalue weighted by molar-refractivity contribution is 6.31. The molecule has 0 atom stereocenters. The highest BCUT2D eigenvalue weighted by atomic mass is 35.5. The zero-order valence-corrected chi connectivity index (χ0v) is 10.1. The van der Waals surface area contributed by atoms with Crippen molar-refractivity contribution < 1.29 is 9.90 Å². The van der Waals surface area contributed by atoms with Crippen molar-refractivity contribution in [1.82, 2.24) is 0 Å². The fourth-order valence-corrected chi connectivity index (χ4v) is 1.46. The smallest absolute Gasteiger partial charge is 0.335 e. The van der Waals surface area contributed by atoms with Crippen molar-refractivity contribution in [3.63, 3.8) is 0 Å². The first-order valence-corrected chi connectivity index (χ1v) is 5.54. The van der Waals surface area contributed by atoms with Crippen molar-refractivity contribution in [3.05, 3.63) is 34.3 Å². The van der Waals surface area contributed by atoms with Crippen molar-refractivity contribution in [2.75, 3.05) is 0 Å². The number of rotatable bonds is 3. The number of hydrogen-bond acceptors (Lipinski definition) is 1. The molecule has 0 fully saturated rings. The van der Waals surface area contributed by atoms with Gasteiger partial charge in [0, 0.05) is 5.02 Å². The standard InChI is InChI=1S/C10H11ClO2.C2H6/c1-2-3-7-4-8(10(12)13)6-9(11)5-7;1-2/h4-6H,2-3H2,1H3,(H,12,13);1-2H3. The molecule has 0 aliphatic carbocycles. The summed E-state index contributed by atoms with van der Waals surface area (Å²) in [6.45, 7) is 6.04. The van der Waals surface area contributed by atoms with Crippen LogP contribution in [0.5, 0.6) is 0 Å². The summed E-state index contributed by atoms with van der Waals surface area (Å²) in [6.07, 6.45) is 1.85. The van der Waals surface area contributed by atoms with Gasteiger partial charge in [0.1, 0.15) is 0 Å². The molecule has 1 N–H and O–H groups in total. The van der Waals surface area contributed by atoms with E-state index in [0.29, 0.717) is 5.02 Å². The van der Waals surface area contributed by atoms with Gasteiger partial charge in [-0.05, 0) is 30.2 Å². The van der Waals surface area contributed by atoms with Crippen LogP contribution in [-0.4, -0.2) is 11.1 Å². The summed E-state index contributed by atoms with van der Waals surface area (Å²) in [7, 11) is 0. The molecule has 0 aromatic heterocycles. The first kappa shape index (κ1) is 14.0. The number of aromatic carboxylic acids is 1. The van der Waals surface area contributed by atoms with Crippen LogP contribution in [0.1, 0.15) is 43.1 Å². The summed E-state index contributed by atoms with van der Waals surface area (Å²) >= 11 is 5.77. The molecule has 1 aromatic carbocycles. The molecule has 0 unspecified atom stereocenters. The van der Waals surface area contributed by atoms with Gasteiger partial charge in [-0.1, -0.05) is 38.8 Å². The Morgan fingerprint density at radius 3 is 2.40 bits per heavy atom. The van der Waals surface area contributed by atoms with Gasteiger partial charge in [-0.25, -0.2) is 4.79 Å². The van der Waals surface area contributed by atoms with E-state index in [1.165, 1.54) is 6.07 Å². The van der Waals surface area contributed by atoms with Gasteiger partial charge in [0.15, 0.2) is 0 Å². The lowest BCUT2D eigenvalue weighted by molar-refractivity contribution is 0.0697. The van der Waals surface area contributed by atoms with Gasteiger partial charge in [-0.3, -0.25) is 0 Å². The number of carbonyl (C=O) groups is 1. The fraction of sp³-hybridized carbons (Fsp3) is 0.417. The number of carboxylic acid groups (broad SMARTS) is 1. The summed E-state index contributed by atoms with van der Waals surface area (Å²) in [4.78, 5) is 10.7. The van der Waals surface area contributed by atoms with Gasteiger partial charge in [0.2, 0.25) is 0 Å². The van der Waals surface area contributed by atoms with Crippen LogP contribution in [0.15, 0.2) is 18.2 Å². The molecule has 0 saturated carbocycles. The van der Waals surface area contributed by atoms with Gasteiger partial charge in [0.05, 0.1) is 5.56 Å². The van der Waals surface area contributed by atoms with Gasteiger partial charge < -0.3 is 5.11 Å². The molecular weight excluding hydrogens is 212 g/mol. The van der Waals surface area contributed by atoms with Crippen molar-refractivity contribution in [1.29, 1.82) is 0 Å². The van der Waals surface area contributed by atoms with E-state index < -0.39 is 5.97 Å². The second-order valence-electron chi connectivity index (χ2n) is 2.90. The minimum atomic E-state index is -0.931. The lowest BCUT2D eigenvalue weighted by Crippen LogP contribution is -1.97. The normalized spacial score (nSPS) is 9.07. The lowest BCUT2D eigenvalue weighted by Gasteiger charge is -2.01. The van der Waals surface area contributed by atoms with E-state index in [9.17, 15) is 4.79 Å². The molecule has 0 saturated heterocycles. The summed E-state index contributed by atoms with van der Waals surface area (Å²) in [6, 6.07) is 4.93. The van der Waals surface area contributed by atoms with E-state index in [4.69, 9.17) is 16.7 Å². The Hall–Kier alpha value is -1.02. The largest absolute Gasteiger partial charge is 0.478 e. The molecule has 0 radical (unpaired) electrons. The minimum Gasteiger partial charge on any atom is -0.478 e. The maximum Gasteiger partial charge on any atom is 0.335 e. The zero-order chi connectivity index (χ0) is 11.8. The van der Waals surface area contributed by atoms with Crippen LogP contribution in [0.25, 0.3) is 0 Å². The number of carboxylic acids is 1. The monoisotopic (exact) mass is 228 g/mol. The molecule has 1 aromatic rings. The SMILES string of the molecule is CC.CCCc1cc(Cl)cc(C(=O)O)c1. The molecule has 0 heterocycles. The molecule has 0 amide bonds. The highest BCUT2D eigenvalue weighted by Crippen LogP contribution is 2.16. The topological polar surface area (TPSA) is 37.3 Å². The van der Waals surface area contributed by atoms with Crippen LogP contribution in [-0.2, 0) is 6.42 Å². The van der Waals surface area contributed by atoms with Crippen molar-refractivity contribution in [3.8, 4) is 0 Å². The van der Waals surface area contributed by atoms with Gasteiger partial charge >= 0.3 is 5.97 Å². The Balaban J connectivity index is 0.000000921. The first-order valence-electron chi connectivity index (χ1n) is 5.16. The summed E-state index contributed by atoms with van der Waals surface area (Å²) in [5.41, 5.74) is 1.24. The Labute approximate surface area is 95.9 Å². The Morgan fingerprint density at radius 2 is 1.93 bits per heavy atom. The van der Waals surface area contributed by atoms with Crippen LogP contribution in [0.2, 0.25) is 5.02 Å². The van der Waals surface area contributed by atoms with Crippen molar-refractivity contribution in [2.45, 2.75) is 33.6 Å². The third kappa shape index (κ3) is 4.84. The molecule has 0 aliphatic heterocycles. The summed E-state index contributed by atoms with van der Waals surface area (Å²) < 4.78 is 0. The van der Waals surface area contributed by atoms with Crippen LogP contribution < -0.4 is 0 Å². The molecule has 0 bridgehead atoms. The van der Waals surface area contributed by atoms with E-state index in [0.717, 1.165) is 18.4 Å². The maximum atomic E-state index is 10.7. The van der Waals surface area contributed by atoms with E-state index in [1.54, 1.807) is 12.1 Å². The van der Waals surface area contributed by atoms with Crippen LogP contribution >= 0.6 is 11.6 Å². The number of benzene rings is 1. The lowest BCUT2D eigenvalue weighted by atomic mass is 10.1. The fourth-order valence-electron chi connectivity index (χ4n) is 1.21. The average Bonchev–Trinajstić information content (AvgIpc) is 2.20. The Morgan fingerprint density at radius 1 is 1.33 bits per heavy atom. The summed E-state index contributed by atoms with van der Waals surface area (Å²) in [5, 5.41) is 9.23. The van der Waals surface area contributed by atoms with Crippen LogP contribution in [0.3, 0.4) is 0 Å². The van der Waals surface area contributed by atoms with Gasteiger partial charge in [-0.2, -0.15) is 0 Å². The minimum absolute atomic E-state index is 0.260. The van der Waals surface area contributed by atoms with Crippen LogP contribution in [0, 0.1) is 0 Å². The van der Waals surface area contributed by atoms with Gasteiger partial charge in [-0.15, -0.1) is 0 Å². The summed E-state index contributed by atoms with van der Waals surface area (Å²) in [5.74, 6) is -0.931. The van der Waals surface area contributed by atoms with E-state index in [1.807, 2.05) is 20.8 Å². The molecular formula is C12H17ClO2. The molecule has 3 heteroatoms.